The van der Waals surface area contributed by atoms with E-state index in [2.05, 4.69) is 13.8 Å². The van der Waals surface area contributed by atoms with E-state index in [1.54, 1.807) is 21.3 Å². The highest BCUT2D eigenvalue weighted by molar-refractivity contribution is 4.71. The Labute approximate surface area is 144 Å². The zero-order valence-electron chi connectivity index (χ0n) is 16.2. The monoisotopic (exact) mass is 334 g/mol. The number of methoxy groups -OCH3 is 3. The number of unbranched alkanes of at least 4 members (excludes halogenated alkanes) is 5. The van der Waals surface area contributed by atoms with E-state index < -0.39 is 5.97 Å². The summed E-state index contributed by atoms with van der Waals surface area (Å²) in [5.74, 6) is -0.553. The number of hydrogen-bond acceptors (Lipinski definition) is 5. The molecule has 0 saturated heterocycles. The first-order chi connectivity index (χ1) is 11.1. The molecule has 0 radical (unpaired) electrons. The zero-order chi connectivity index (χ0) is 18.0. The summed E-state index contributed by atoms with van der Waals surface area (Å²) < 4.78 is 16.5. The molecule has 1 unspecified atom stereocenters. The lowest BCUT2D eigenvalue weighted by Gasteiger charge is -2.36. The Kier molecular flexibility index (Phi) is 19.8. The molecule has 0 spiro atoms. The van der Waals surface area contributed by atoms with Crippen molar-refractivity contribution in [2.24, 2.45) is 17.4 Å². The van der Waals surface area contributed by atoms with Gasteiger partial charge in [0.25, 0.3) is 5.97 Å². The summed E-state index contributed by atoms with van der Waals surface area (Å²) in [7, 11) is 4.99. The average molecular weight is 335 g/mol. The Bertz CT molecular complexity index is 214. The lowest BCUT2D eigenvalue weighted by atomic mass is 9.93. The van der Waals surface area contributed by atoms with E-state index in [4.69, 9.17) is 25.7 Å². The predicted molar refractivity (Wildman–Crippen MR) is 98.3 cm³/mol. The lowest BCUT2D eigenvalue weighted by Crippen LogP contribution is -2.44. The van der Waals surface area contributed by atoms with Gasteiger partial charge in [0, 0.05) is 40.3 Å². The van der Waals surface area contributed by atoms with Crippen LogP contribution >= 0.6 is 0 Å². The van der Waals surface area contributed by atoms with Gasteiger partial charge in [-0.1, -0.05) is 58.8 Å². The van der Waals surface area contributed by atoms with Crippen LogP contribution in [0.4, 0.5) is 0 Å². The van der Waals surface area contributed by atoms with Crippen LogP contribution in [0.15, 0.2) is 0 Å². The van der Waals surface area contributed by atoms with E-state index in [0.29, 0.717) is 19.0 Å². The molecule has 4 N–H and O–H groups in total. The van der Waals surface area contributed by atoms with Crippen LogP contribution in [0.2, 0.25) is 0 Å². The maximum atomic E-state index is 5.50. The summed E-state index contributed by atoms with van der Waals surface area (Å²) in [6, 6.07) is 0. The third-order valence-electron chi connectivity index (χ3n) is 4.06. The molecule has 0 aromatic heterocycles. The first kappa shape index (κ1) is 25.0. The van der Waals surface area contributed by atoms with Crippen molar-refractivity contribution in [2.75, 3.05) is 34.4 Å². The highest BCUT2D eigenvalue weighted by Crippen LogP contribution is 2.32. The van der Waals surface area contributed by atoms with Gasteiger partial charge in [0.05, 0.1) is 0 Å². The molecule has 0 aliphatic carbocycles. The molecule has 0 saturated carbocycles. The Balaban J connectivity index is 0. The van der Waals surface area contributed by atoms with Crippen molar-refractivity contribution in [1.29, 1.82) is 0 Å². The second-order valence-electron chi connectivity index (χ2n) is 5.84. The van der Waals surface area contributed by atoms with Gasteiger partial charge in [-0.15, -0.1) is 0 Å². The Hall–Kier alpha value is -0.200. The summed E-state index contributed by atoms with van der Waals surface area (Å²) in [5, 5.41) is 0. The van der Waals surface area contributed by atoms with Crippen LogP contribution in [0.1, 0.15) is 71.6 Å². The van der Waals surface area contributed by atoms with Gasteiger partial charge in [-0.3, -0.25) is 0 Å². The van der Waals surface area contributed by atoms with Crippen molar-refractivity contribution in [3.8, 4) is 0 Å². The molecule has 0 amide bonds. The van der Waals surface area contributed by atoms with Gasteiger partial charge >= 0.3 is 0 Å². The molecular formula is C18H42N2O3. The Morgan fingerprint density at radius 2 is 1.17 bits per heavy atom. The number of ether oxygens (including phenoxy) is 3. The summed E-state index contributed by atoms with van der Waals surface area (Å²) >= 11 is 0. The van der Waals surface area contributed by atoms with Gasteiger partial charge in [0.1, 0.15) is 0 Å². The number of rotatable bonds is 14. The van der Waals surface area contributed by atoms with Crippen molar-refractivity contribution in [1.82, 2.24) is 0 Å². The minimum absolute atomic E-state index is 0.309. The van der Waals surface area contributed by atoms with Crippen LogP contribution in [0.25, 0.3) is 0 Å². The largest absolute Gasteiger partial charge is 0.331 e. The molecule has 5 heteroatoms. The van der Waals surface area contributed by atoms with Crippen LogP contribution < -0.4 is 11.5 Å². The standard InChI is InChI=1S/C16H34O3.C2H8N2/c1-6-8-9-10-11-12-14-15(13-7-2)16(17-3,18-4)19-5;3-1-2-4/h15H,6-14H2,1-5H3;1-4H2. The molecule has 142 valence electrons. The van der Waals surface area contributed by atoms with Gasteiger partial charge < -0.3 is 25.7 Å². The SMILES string of the molecule is CCCCCCCCC(CCC)C(OC)(OC)OC.NCCN. The van der Waals surface area contributed by atoms with Crippen LogP contribution in [-0.2, 0) is 14.2 Å². The van der Waals surface area contributed by atoms with Crippen LogP contribution in [0, 0.1) is 5.92 Å². The molecular weight excluding hydrogens is 292 g/mol. The fourth-order valence-corrected chi connectivity index (χ4v) is 2.77. The zero-order valence-corrected chi connectivity index (χ0v) is 16.2. The second kappa shape index (κ2) is 18.1. The first-order valence-electron chi connectivity index (χ1n) is 9.17. The van der Waals surface area contributed by atoms with Gasteiger partial charge in [-0.2, -0.15) is 0 Å². The van der Waals surface area contributed by atoms with Crippen LogP contribution in [-0.4, -0.2) is 40.4 Å². The van der Waals surface area contributed by atoms with Crippen molar-refractivity contribution in [2.45, 2.75) is 77.6 Å². The molecule has 23 heavy (non-hydrogen) atoms. The fraction of sp³-hybridized carbons (Fsp3) is 1.00. The third kappa shape index (κ3) is 11.9. The quantitative estimate of drug-likeness (QED) is 0.374. The molecule has 0 rings (SSSR count). The summed E-state index contributed by atoms with van der Waals surface area (Å²) in [5.41, 5.74) is 9.81. The molecule has 0 aliphatic heterocycles. The Morgan fingerprint density at radius 3 is 1.57 bits per heavy atom. The maximum Gasteiger partial charge on any atom is 0.285 e. The predicted octanol–water partition coefficient (Wildman–Crippen LogP) is 3.65. The second-order valence-corrected chi connectivity index (χ2v) is 5.84. The molecule has 5 nitrogen and oxygen atoms in total. The van der Waals surface area contributed by atoms with Gasteiger partial charge in [0.2, 0.25) is 0 Å². The summed E-state index contributed by atoms with van der Waals surface area (Å²) in [4.78, 5) is 0. The summed E-state index contributed by atoms with van der Waals surface area (Å²) in [6.45, 7) is 5.64. The van der Waals surface area contributed by atoms with E-state index in [9.17, 15) is 0 Å². The highest BCUT2D eigenvalue weighted by Gasteiger charge is 2.38. The molecule has 0 aliphatic rings. The summed E-state index contributed by atoms with van der Waals surface area (Å²) in [6.07, 6.45) is 11.2. The molecule has 1 atom stereocenters. The lowest BCUT2D eigenvalue weighted by molar-refractivity contribution is -0.380. The molecule has 0 bridgehead atoms. The molecule has 0 heterocycles. The van der Waals surface area contributed by atoms with E-state index >= 15 is 0 Å². The van der Waals surface area contributed by atoms with Crippen molar-refractivity contribution in [3.05, 3.63) is 0 Å². The third-order valence-corrected chi connectivity index (χ3v) is 4.06. The van der Waals surface area contributed by atoms with Crippen molar-refractivity contribution < 1.29 is 14.2 Å². The van der Waals surface area contributed by atoms with Gasteiger partial charge in [-0.25, -0.2) is 0 Å². The first-order valence-corrected chi connectivity index (χ1v) is 9.17. The van der Waals surface area contributed by atoms with E-state index in [1.165, 1.54) is 38.5 Å². The average Bonchev–Trinajstić information content (AvgIpc) is 2.60. The number of nitrogens with two attached hydrogens (primary N) is 2. The minimum Gasteiger partial charge on any atom is -0.331 e. The normalized spacial score (nSPS) is 12.7. The maximum absolute atomic E-state index is 5.50. The topological polar surface area (TPSA) is 79.7 Å². The Morgan fingerprint density at radius 1 is 0.696 bits per heavy atom. The highest BCUT2D eigenvalue weighted by atomic mass is 16.9. The van der Waals surface area contributed by atoms with Crippen molar-refractivity contribution in [3.63, 3.8) is 0 Å². The van der Waals surface area contributed by atoms with E-state index in [1.807, 2.05) is 0 Å². The smallest absolute Gasteiger partial charge is 0.285 e. The van der Waals surface area contributed by atoms with Crippen LogP contribution in [0.3, 0.4) is 0 Å². The number of hydrogen-bond donors (Lipinski definition) is 2. The van der Waals surface area contributed by atoms with Crippen molar-refractivity contribution >= 4 is 0 Å². The van der Waals surface area contributed by atoms with Gasteiger partial charge in [0.15, 0.2) is 0 Å². The molecule has 0 aromatic carbocycles. The minimum atomic E-state index is -0.862. The van der Waals surface area contributed by atoms with Gasteiger partial charge in [-0.05, 0) is 12.8 Å². The molecule has 0 aromatic rings. The van der Waals surface area contributed by atoms with E-state index in [-0.39, 0.29) is 0 Å². The van der Waals surface area contributed by atoms with Crippen LogP contribution in [0.5, 0.6) is 0 Å². The fourth-order valence-electron chi connectivity index (χ4n) is 2.77. The molecule has 0 fully saturated rings. The van der Waals surface area contributed by atoms with E-state index in [0.717, 1.165) is 19.3 Å².